The van der Waals surface area contributed by atoms with E-state index >= 15 is 0 Å². The number of aryl methyl sites for hydroxylation is 1. The Kier molecular flexibility index (Phi) is 3.19. The number of hydrogen-bond donors (Lipinski definition) is 1. The fourth-order valence-electron chi connectivity index (χ4n) is 1.06. The molecular weight excluding hydrogens is 156 g/mol. The van der Waals surface area contributed by atoms with Gasteiger partial charge in [0.05, 0.1) is 12.6 Å². The monoisotopic (exact) mass is 170 g/mol. The Morgan fingerprint density at radius 3 is 3.08 bits per heavy atom. The fourth-order valence-corrected chi connectivity index (χ4v) is 1.06. The van der Waals surface area contributed by atoms with Crippen LogP contribution in [-0.4, -0.2) is 28.5 Å². The fraction of sp³-hybridized carbons (Fsp3) is 0.714. The topological polar surface area (TPSA) is 66.0 Å². The second kappa shape index (κ2) is 4.18. The SMILES string of the molecule is CCn1ncnc1C(N)COC. The van der Waals surface area contributed by atoms with E-state index in [2.05, 4.69) is 10.1 Å². The average molecular weight is 170 g/mol. The first kappa shape index (κ1) is 9.15. The normalized spacial score (nSPS) is 13.2. The van der Waals surface area contributed by atoms with Gasteiger partial charge in [-0.25, -0.2) is 9.67 Å². The average Bonchev–Trinajstić information content (AvgIpc) is 2.51. The predicted molar refractivity (Wildman–Crippen MR) is 44.5 cm³/mol. The maximum atomic E-state index is 5.78. The molecule has 12 heavy (non-hydrogen) atoms. The Balaban J connectivity index is 2.71. The maximum absolute atomic E-state index is 5.78. The molecule has 0 aliphatic heterocycles. The van der Waals surface area contributed by atoms with Crippen molar-refractivity contribution in [3.63, 3.8) is 0 Å². The zero-order chi connectivity index (χ0) is 8.97. The molecule has 1 atom stereocenters. The summed E-state index contributed by atoms with van der Waals surface area (Å²) < 4.78 is 6.69. The van der Waals surface area contributed by atoms with Crippen LogP contribution in [-0.2, 0) is 11.3 Å². The molecule has 0 radical (unpaired) electrons. The zero-order valence-corrected chi connectivity index (χ0v) is 7.40. The van der Waals surface area contributed by atoms with Gasteiger partial charge >= 0.3 is 0 Å². The van der Waals surface area contributed by atoms with E-state index in [9.17, 15) is 0 Å². The van der Waals surface area contributed by atoms with Gasteiger partial charge in [-0.1, -0.05) is 0 Å². The minimum Gasteiger partial charge on any atom is -0.383 e. The number of aromatic nitrogens is 3. The van der Waals surface area contributed by atoms with Crippen molar-refractivity contribution in [2.75, 3.05) is 13.7 Å². The summed E-state index contributed by atoms with van der Waals surface area (Å²) in [7, 11) is 1.62. The molecule has 1 aromatic rings. The first-order valence-corrected chi connectivity index (χ1v) is 3.91. The number of ether oxygens (including phenoxy) is 1. The van der Waals surface area contributed by atoms with Crippen molar-refractivity contribution in [1.29, 1.82) is 0 Å². The van der Waals surface area contributed by atoms with Gasteiger partial charge in [0.2, 0.25) is 0 Å². The molecule has 0 aliphatic rings. The van der Waals surface area contributed by atoms with Gasteiger partial charge in [0.25, 0.3) is 0 Å². The van der Waals surface area contributed by atoms with E-state index in [4.69, 9.17) is 10.5 Å². The lowest BCUT2D eigenvalue weighted by atomic mass is 10.3. The minimum atomic E-state index is -0.183. The van der Waals surface area contributed by atoms with Crippen LogP contribution in [0.25, 0.3) is 0 Å². The van der Waals surface area contributed by atoms with Gasteiger partial charge in [-0.15, -0.1) is 0 Å². The minimum absolute atomic E-state index is 0.183. The highest BCUT2D eigenvalue weighted by atomic mass is 16.5. The van der Waals surface area contributed by atoms with Gasteiger partial charge in [0, 0.05) is 13.7 Å². The molecule has 0 saturated heterocycles. The van der Waals surface area contributed by atoms with Crippen LogP contribution in [0.15, 0.2) is 6.33 Å². The lowest BCUT2D eigenvalue weighted by molar-refractivity contribution is 0.176. The third-order valence-corrected chi connectivity index (χ3v) is 1.62. The molecule has 0 saturated carbocycles. The molecule has 5 nitrogen and oxygen atoms in total. The third kappa shape index (κ3) is 1.80. The largest absolute Gasteiger partial charge is 0.383 e. The summed E-state index contributed by atoms with van der Waals surface area (Å²) in [6.45, 7) is 3.25. The van der Waals surface area contributed by atoms with Crippen LogP contribution >= 0.6 is 0 Å². The van der Waals surface area contributed by atoms with Crippen LogP contribution in [0.2, 0.25) is 0 Å². The Morgan fingerprint density at radius 2 is 2.50 bits per heavy atom. The van der Waals surface area contributed by atoms with Crippen molar-refractivity contribution < 1.29 is 4.74 Å². The summed E-state index contributed by atoms with van der Waals surface area (Å²) in [5.74, 6) is 0.777. The van der Waals surface area contributed by atoms with Crippen molar-refractivity contribution in [3.05, 3.63) is 12.2 Å². The van der Waals surface area contributed by atoms with E-state index in [0.29, 0.717) is 6.61 Å². The molecule has 1 heterocycles. The van der Waals surface area contributed by atoms with E-state index in [1.54, 1.807) is 11.8 Å². The van der Waals surface area contributed by atoms with Gasteiger partial charge in [-0.3, -0.25) is 0 Å². The number of rotatable bonds is 4. The lowest BCUT2D eigenvalue weighted by Gasteiger charge is -2.09. The van der Waals surface area contributed by atoms with E-state index in [1.807, 2.05) is 6.92 Å². The Labute approximate surface area is 71.5 Å². The highest BCUT2D eigenvalue weighted by Crippen LogP contribution is 2.05. The van der Waals surface area contributed by atoms with Crippen molar-refractivity contribution in [3.8, 4) is 0 Å². The number of hydrogen-bond acceptors (Lipinski definition) is 4. The van der Waals surface area contributed by atoms with Crippen LogP contribution in [0.1, 0.15) is 18.8 Å². The molecular formula is C7H14N4O. The molecule has 0 aliphatic carbocycles. The molecule has 0 aromatic carbocycles. The van der Waals surface area contributed by atoms with Crippen LogP contribution in [0.5, 0.6) is 0 Å². The quantitative estimate of drug-likeness (QED) is 0.687. The highest BCUT2D eigenvalue weighted by Gasteiger charge is 2.11. The van der Waals surface area contributed by atoms with Crippen molar-refractivity contribution >= 4 is 0 Å². The molecule has 0 bridgehead atoms. The third-order valence-electron chi connectivity index (χ3n) is 1.62. The first-order valence-electron chi connectivity index (χ1n) is 3.91. The summed E-state index contributed by atoms with van der Waals surface area (Å²) in [5.41, 5.74) is 5.78. The Morgan fingerprint density at radius 1 is 1.75 bits per heavy atom. The van der Waals surface area contributed by atoms with E-state index in [-0.39, 0.29) is 6.04 Å². The van der Waals surface area contributed by atoms with Gasteiger partial charge < -0.3 is 10.5 Å². The predicted octanol–water partition coefficient (Wildman–Crippen LogP) is -0.0558. The van der Waals surface area contributed by atoms with E-state index in [0.717, 1.165) is 12.4 Å². The van der Waals surface area contributed by atoms with Gasteiger partial charge in [0.15, 0.2) is 0 Å². The summed E-state index contributed by atoms with van der Waals surface area (Å²) >= 11 is 0. The molecule has 2 N–H and O–H groups in total. The molecule has 0 amide bonds. The molecule has 0 fully saturated rings. The van der Waals surface area contributed by atoms with Crippen molar-refractivity contribution in [2.45, 2.75) is 19.5 Å². The molecule has 5 heteroatoms. The van der Waals surface area contributed by atoms with Crippen LogP contribution in [0.3, 0.4) is 0 Å². The van der Waals surface area contributed by atoms with Crippen LogP contribution in [0.4, 0.5) is 0 Å². The van der Waals surface area contributed by atoms with Gasteiger partial charge in [-0.2, -0.15) is 5.10 Å². The standard InChI is InChI=1S/C7H14N4O/c1-3-11-7(9-5-10-11)6(8)4-12-2/h5-6H,3-4,8H2,1-2H3. The van der Waals surface area contributed by atoms with Crippen molar-refractivity contribution in [2.24, 2.45) is 5.73 Å². The summed E-state index contributed by atoms with van der Waals surface area (Å²) in [5, 5.41) is 4.01. The van der Waals surface area contributed by atoms with E-state index < -0.39 is 0 Å². The second-order valence-electron chi connectivity index (χ2n) is 2.50. The number of nitrogens with two attached hydrogens (primary N) is 1. The smallest absolute Gasteiger partial charge is 0.146 e. The summed E-state index contributed by atoms with van der Waals surface area (Å²) in [4.78, 5) is 4.05. The van der Waals surface area contributed by atoms with Crippen LogP contribution < -0.4 is 5.73 Å². The number of methoxy groups -OCH3 is 1. The second-order valence-corrected chi connectivity index (χ2v) is 2.50. The molecule has 1 unspecified atom stereocenters. The van der Waals surface area contributed by atoms with Crippen LogP contribution in [0, 0.1) is 0 Å². The highest BCUT2D eigenvalue weighted by molar-refractivity contribution is 4.92. The molecule has 68 valence electrons. The zero-order valence-electron chi connectivity index (χ0n) is 7.40. The Hall–Kier alpha value is -0.940. The summed E-state index contributed by atoms with van der Waals surface area (Å²) in [6.07, 6.45) is 1.51. The number of nitrogens with zero attached hydrogens (tertiary/aromatic N) is 3. The van der Waals surface area contributed by atoms with E-state index in [1.165, 1.54) is 6.33 Å². The van der Waals surface area contributed by atoms with Gasteiger partial charge in [-0.05, 0) is 6.92 Å². The maximum Gasteiger partial charge on any atom is 0.146 e. The molecule has 1 aromatic heterocycles. The Bertz CT molecular complexity index is 235. The first-order chi connectivity index (χ1) is 5.79. The van der Waals surface area contributed by atoms with Gasteiger partial charge in [0.1, 0.15) is 12.2 Å². The van der Waals surface area contributed by atoms with Crippen molar-refractivity contribution in [1.82, 2.24) is 14.8 Å². The lowest BCUT2D eigenvalue weighted by Crippen LogP contribution is -2.21. The molecule has 0 spiro atoms. The summed E-state index contributed by atoms with van der Waals surface area (Å²) in [6, 6.07) is -0.183. The molecule has 1 rings (SSSR count).